The Hall–Kier alpha value is -0.160. The van der Waals surface area contributed by atoms with Gasteiger partial charge in [0.25, 0.3) is 0 Å². The van der Waals surface area contributed by atoms with Gasteiger partial charge in [-0.3, -0.25) is 0 Å². The van der Waals surface area contributed by atoms with Crippen molar-refractivity contribution >= 4 is 0 Å². The van der Waals surface area contributed by atoms with Crippen LogP contribution < -0.4 is 5.32 Å². The molecule has 2 unspecified atom stereocenters. The van der Waals surface area contributed by atoms with Gasteiger partial charge in [0.15, 0.2) is 0 Å². The number of likely N-dealkylation sites (N-methyl/N-ethyl adjacent to an activating group) is 1. The van der Waals surface area contributed by atoms with Gasteiger partial charge in [0.05, 0.1) is 19.8 Å². The first kappa shape index (κ1) is 11.9. The van der Waals surface area contributed by atoms with E-state index < -0.39 is 0 Å². The molecule has 1 saturated heterocycles. The summed E-state index contributed by atoms with van der Waals surface area (Å²) >= 11 is 0. The first-order valence-corrected chi connectivity index (χ1v) is 5.30. The molecule has 0 spiro atoms. The molecular formula is C10H21NO3. The predicted octanol–water partition coefficient (Wildman–Crippen LogP) is 0.00990. The fourth-order valence-corrected chi connectivity index (χ4v) is 1.52. The molecule has 1 heterocycles. The zero-order valence-electron chi connectivity index (χ0n) is 8.87. The molecule has 14 heavy (non-hydrogen) atoms. The highest BCUT2D eigenvalue weighted by molar-refractivity contribution is 4.64. The second-order valence-corrected chi connectivity index (χ2v) is 3.76. The molecule has 0 bridgehead atoms. The van der Waals surface area contributed by atoms with Crippen LogP contribution in [-0.2, 0) is 9.47 Å². The van der Waals surface area contributed by atoms with Crippen LogP contribution in [-0.4, -0.2) is 51.2 Å². The lowest BCUT2D eigenvalue weighted by Crippen LogP contribution is -2.30. The van der Waals surface area contributed by atoms with Crippen molar-refractivity contribution in [1.29, 1.82) is 0 Å². The Kier molecular flexibility index (Phi) is 6.10. The maximum absolute atomic E-state index is 8.90. The lowest BCUT2D eigenvalue weighted by molar-refractivity contribution is 0.0791. The molecule has 2 atom stereocenters. The molecule has 0 aromatic carbocycles. The number of hydrogen-bond acceptors (Lipinski definition) is 4. The van der Waals surface area contributed by atoms with E-state index in [-0.39, 0.29) is 12.6 Å². The maximum atomic E-state index is 8.90. The standard InChI is InChI=1S/C10H21NO3/c1-11-10(6-12)3-5-14-8-9-2-4-13-7-9/h9-12H,2-8H2,1H3. The third-order valence-electron chi connectivity index (χ3n) is 2.62. The van der Waals surface area contributed by atoms with Gasteiger partial charge in [-0.2, -0.15) is 0 Å². The average Bonchev–Trinajstić information content (AvgIpc) is 2.71. The summed E-state index contributed by atoms with van der Waals surface area (Å²) in [6, 6.07) is 0.162. The van der Waals surface area contributed by atoms with Crippen molar-refractivity contribution in [2.75, 3.05) is 40.1 Å². The number of aliphatic hydroxyl groups is 1. The minimum absolute atomic E-state index is 0.162. The molecule has 1 aliphatic heterocycles. The fourth-order valence-electron chi connectivity index (χ4n) is 1.52. The highest BCUT2D eigenvalue weighted by Crippen LogP contribution is 2.12. The molecule has 0 radical (unpaired) electrons. The molecule has 84 valence electrons. The van der Waals surface area contributed by atoms with Crippen LogP contribution in [0.25, 0.3) is 0 Å². The van der Waals surface area contributed by atoms with Gasteiger partial charge in [-0.1, -0.05) is 0 Å². The Bertz CT molecular complexity index is 129. The summed E-state index contributed by atoms with van der Waals surface area (Å²) in [4.78, 5) is 0. The number of rotatable bonds is 7. The topological polar surface area (TPSA) is 50.7 Å². The normalized spacial score (nSPS) is 24.0. The number of nitrogens with one attached hydrogen (secondary N) is 1. The van der Waals surface area contributed by atoms with Gasteiger partial charge < -0.3 is 19.9 Å². The molecule has 0 amide bonds. The Morgan fingerprint density at radius 2 is 2.50 bits per heavy atom. The number of ether oxygens (including phenoxy) is 2. The van der Waals surface area contributed by atoms with Gasteiger partial charge in [0.2, 0.25) is 0 Å². The van der Waals surface area contributed by atoms with E-state index in [1.165, 1.54) is 0 Å². The van der Waals surface area contributed by atoms with Crippen molar-refractivity contribution < 1.29 is 14.6 Å². The van der Waals surface area contributed by atoms with Gasteiger partial charge in [-0.15, -0.1) is 0 Å². The molecule has 1 rings (SSSR count). The van der Waals surface area contributed by atoms with Gasteiger partial charge in [-0.05, 0) is 19.9 Å². The van der Waals surface area contributed by atoms with Gasteiger partial charge in [-0.25, -0.2) is 0 Å². The Balaban J connectivity index is 1.92. The lowest BCUT2D eigenvalue weighted by atomic mass is 10.1. The molecule has 1 fully saturated rings. The summed E-state index contributed by atoms with van der Waals surface area (Å²) < 4.78 is 10.8. The van der Waals surface area contributed by atoms with E-state index in [9.17, 15) is 0 Å². The Labute approximate surface area is 85.6 Å². The van der Waals surface area contributed by atoms with Gasteiger partial charge in [0.1, 0.15) is 0 Å². The summed E-state index contributed by atoms with van der Waals surface area (Å²) in [7, 11) is 1.85. The second-order valence-electron chi connectivity index (χ2n) is 3.76. The van der Waals surface area contributed by atoms with Crippen LogP contribution in [0.4, 0.5) is 0 Å². The van der Waals surface area contributed by atoms with Crippen LogP contribution in [0.15, 0.2) is 0 Å². The van der Waals surface area contributed by atoms with Crippen molar-refractivity contribution in [3.8, 4) is 0 Å². The van der Waals surface area contributed by atoms with Gasteiger partial charge in [0, 0.05) is 25.2 Å². The third kappa shape index (κ3) is 4.37. The van der Waals surface area contributed by atoms with Crippen LogP contribution in [0, 0.1) is 5.92 Å². The quantitative estimate of drug-likeness (QED) is 0.572. The zero-order valence-corrected chi connectivity index (χ0v) is 8.87. The molecule has 4 nitrogen and oxygen atoms in total. The van der Waals surface area contributed by atoms with Crippen molar-refractivity contribution in [3.05, 3.63) is 0 Å². The zero-order chi connectivity index (χ0) is 10.2. The number of hydrogen-bond donors (Lipinski definition) is 2. The van der Waals surface area contributed by atoms with Crippen LogP contribution in [0.3, 0.4) is 0 Å². The average molecular weight is 203 g/mol. The number of aliphatic hydroxyl groups excluding tert-OH is 1. The monoisotopic (exact) mass is 203 g/mol. The molecule has 0 aliphatic carbocycles. The minimum Gasteiger partial charge on any atom is -0.395 e. The van der Waals surface area contributed by atoms with Crippen LogP contribution in [0.5, 0.6) is 0 Å². The van der Waals surface area contributed by atoms with E-state index in [1.807, 2.05) is 7.05 Å². The Morgan fingerprint density at radius 1 is 1.64 bits per heavy atom. The van der Waals surface area contributed by atoms with E-state index in [0.29, 0.717) is 12.5 Å². The summed E-state index contributed by atoms with van der Waals surface area (Å²) in [5.74, 6) is 0.581. The van der Waals surface area contributed by atoms with Gasteiger partial charge >= 0.3 is 0 Å². The van der Waals surface area contributed by atoms with Crippen molar-refractivity contribution in [3.63, 3.8) is 0 Å². The molecule has 0 aromatic rings. The summed E-state index contributed by atoms with van der Waals surface area (Å²) in [6.07, 6.45) is 1.98. The maximum Gasteiger partial charge on any atom is 0.0585 e. The first-order valence-electron chi connectivity index (χ1n) is 5.30. The van der Waals surface area contributed by atoms with E-state index in [4.69, 9.17) is 14.6 Å². The lowest BCUT2D eigenvalue weighted by Gasteiger charge is -2.14. The third-order valence-corrected chi connectivity index (χ3v) is 2.62. The highest BCUT2D eigenvalue weighted by Gasteiger charge is 2.15. The molecule has 4 heteroatoms. The van der Waals surface area contributed by atoms with Crippen LogP contribution in [0.1, 0.15) is 12.8 Å². The second kappa shape index (κ2) is 7.17. The molecule has 0 aromatic heterocycles. The molecule has 0 saturated carbocycles. The molecular weight excluding hydrogens is 182 g/mol. The Morgan fingerprint density at radius 3 is 3.07 bits per heavy atom. The van der Waals surface area contributed by atoms with Crippen molar-refractivity contribution in [2.45, 2.75) is 18.9 Å². The smallest absolute Gasteiger partial charge is 0.0585 e. The predicted molar refractivity (Wildman–Crippen MR) is 54.3 cm³/mol. The van der Waals surface area contributed by atoms with Crippen molar-refractivity contribution in [1.82, 2.24) is 5.32 Å². The first-order chi connectivity index (χ1) is 6.86. The van der Waals surface area contributed by atoms with E-state index in [1.54, 1.807) is 0 Å². The van der Waals surface area contributed by atoms with Crippen LogP contribution in [0.2, 0.25) is 0 Å². The summed E-state index contributed by atoms with van der Waals surface area (Å²) in [6.45, 7) is 3.40. The van der Waals surface area contributed by atoms with Crippen molar-refractivity contribution in [2.24, 2.45) is 5.92 Å². The summed E-state index contributed by atoms with van der Waals surface area (Å²) in [5, 5.41) is 11.9. The van der Waals surface area contributed by atoms with E-state index in [2.05, 4.69) is 5.32 Å². The summed E-state index contributed by atoms with van der Waals surface area (Å²) in [5.41, 5.74) is 0. The largest absolute Gasteiger partial charge is 0.395 e. The minimum atomic E-state index is 0.162. The van der Waals surface area contributed by atoms with E-state index >= 15 is 0 Å². The highest BCUT2D eigenvalue weighted by atomic mass is 16.5. The SMILES string of the molecule is CNC(CO)CCOCC1CCOC1. The molecule has 2 N–H and O–H groups in total. The fraction of sp³-hybridized carbons (Fsp3) is 1.00. The van der Waals surface area contributed by atoms with E-state index in [0.717, 1.165) is 32.7 Å². The molecule has 1 aliphatic rings. The van der Waals surface area contributed by atoms with Crippen LogP contribution >= 0.6 is 0 Å².